The molecule has 4 aromatic rings. The molecule has 0 bridgehead atoms. The molecule has 0 saturated heterocycles. The molecule has 3 aliphatic heterocycles. The third kappa shape index (κ3) is 5.54. The van der Waals surface area contributed by atoms with Gasteiger partial charge in [-0.25, -0.2) is 0 Å². The number of hydrogen-bond donors (Lipinski definition) is 2. The maximum atomic E-state index is 5.44. The fourth-order valence-electron chi connectivity index (χ4n) is 9.92. The topological polar surface area (TPSA) is 39.7 Å². The lowest BCUT2D eigenvalue weighted by molar-refractivity contribution is 0.440. The minimum absolute atomic E-state index is 0.0117. The Kier molecular flexibility index (Phi) is 7.82. The first-order chi connectivity index (χ1) is 27.3. The largest absolute Gasteiger partial charge is 0.366 e. The van der Waals surface area contributed by atoms with Gasteiger partial charge in [0, 0.05) is 29.0 Å². The number of para-hydroxylation sites is 1. The summed E-state index contributed by atoms with van der Waals surface area (Å²) >= 11 is 0. The third-order valence-electron chi connectivity index (χ3n) is 12.6. The highest BCUT2D eigenvalue weighted by molar-refractivity contribution is 5.96. The summed E-state index contributed by atoms with van der Waals surface area (Å²) in [6, 6.07) is 34.4. The molecule has 4 aromatic carbocycles. The molecule has 0 saturated carbocycles. The number of nitrogens with zero attached hydrogens (tertiary/aromatic N) is 2. The van der Waals surface area contributed by atoms with Crippen molar-refractivity contribution in [1.29, 1.82) is 0 Å². The van der Waals surface area contributed by atoms with Gasteiger partial charge in [0.05, 0.1) is 23.5 Å². The minimum atomic E-state index is -0.0117. The van der Waals surface area contributed by atoms with Crippen molar-refractivity contribution < 1.29 is 0 Å². The van der Waals surface area contributed by atoms with Crippen LogP contribution in [-0.4, -0.2) is 17.9 Å². The molecule has 2 N–H and O–H groups in total. The lowest BCUT2D eigenvalue weighted by atomic mass is 9.80. The number of amidine groups is 1. The number of allylic oxidation sites excluding steroid dienone is 11. The quantitative estimate of drug-likeness (QED) is 0.216. The molecular weight excluding hydrogens is 669 g/mol. The van der Waals surface area contributed by atoms with E-state index in [1.165, 1.54) is 67.2 Å². The van der Waals surface area contributed by atoms with Gasteiger partial charge in [0.1, 0.15) is 12.0 Å². The molecule has 0 spiro atoms. The summed E-state index contributed by atoms with van der Waals surface area (Å²) in [6.45, 7) is 0. The van der Waals surface area contributed by atoms with Crippen LogP contribution in [0.4, 0.5) is 11.4 Å². The van der Waals surface area contributed by atoms with Gasteiger partial charge in [-0.1, -0.05) is 146 Å². The van der Waals surface area contributed by atoms with E-state index in [4.69, 9.17) is 4.99 Å². The summed E-state index contributed by atoms with van der Waals surface area (Å²) in [5.41, 5.74) is 15.6. The Hall–Kier alpha value is -6.13. The number of benzene rings is 4. The first-order valence-corrected chi connectivity index (χ1v) is 20.1. The highest BCUT2D eigenvalue weighted by Gasteiger charge is 2.41. The highest BCUT2D eigenvalue weighted by Crippen LogP contribution is 2.56. The van der Waals surface area contributed by atoms with Crippen molar-refractivity contribution in [3.8, 4) is 22.3 Å². The van der Waals surface area contributed by atoms with E-state index < -0.39 is 0 Å². The van der Waals surface area contributed by atoms with Gasteiger partial charge < -0.3 is 15.5 Å². The summed E-state index contributed by atoms with van der Waals surface area (Å²) < 4.78 is 0. The van der Waals surface area contributed by atoms with Crippen LogP contribution in [0.2, 0.25) is 0 Å². The summed E-state index contributed by atoms with van der Waals surface area (Å²) in [7, 11) is 0. The van der Waals surface area contributed by atoms with E-state index in [0.717, 1.165) is 31.5 Å². The highest BCUT2D eigenvalue weighted by atomic mass is 15.3. The number of nitrogens with one attached hydrogen (secondary N) is 2. The molecule has 0 fully saturated rings. The lowest BCUT2D eigenvalue weighted by Crippen LogP contribution is -2.50. The summed E-state index contributed by atoms with van der Waals surface area (Å²) in [5, 5.41) is 7.81. The first kappa shape index (κ1) is 32.3. The average molecular weight is 713 g/mol. The van der Waals surface area contributed by atoms with E-state index in [1.807, 2.05) is 0 Å². The van der Waals surface area contributed by atoms with Crippen molar-refractivity contribution in [3.63, 3.8) is 0 Å². The Morgan fingerprint density at radius 2 is 1.55 bits per heavy atom. The fraction of sp³-hybridized carbons (Fsp3) is 0.196. The van der Waals surface area contributed by atoms with E-state index in [-0.39, 0.29) is 24.2 Å². The Morgan fingerprint density at radius 3 is 2.49 bits per heavy atom. The predicted molar refractivity (Wildman–Crippen MR) is 229 cm³/mol. The molecule has 4 nitrogen and oxygen atoms in total. The number of rotatable bonds is 5. The van der Waals surface area contributed by atoms with Crippen LogP contribution in [0.25, 0.3) is 27.8 Å². The Bertz CT molecular complexity index is 2500. The molecule has 55 heavy (non-hydrogen) atoms. The molecule has 0 radical (unpaired) electrons. The Labute approximate surface area is 324 Å². The van der Waals surface area contributed by atoms with Crippen LogP contribution >= 0.6 is 0 Å². The molecule has 3 heterocycles. The molecular formula is C51H44N4. The molecule has 268 valence electrons. The van der Waals surface area contributed by atoms with Crippen LogP contribution in [0.3, 0.4) is 0 Å². The number of anilines is 2. The number of fused-ring (bicyclic) bond motifs is 6. The van der Waals surface area contributed by atoms with E-state index in [9.17, 15) is 0 Å². The molecule has 6 atom stereocenters. The van der Waals surface area contributed by atoms with Crippen molar-refractivity contribution in [3.05, 3.63) is 198 Å². The van der Waals surface area contributed by atoms with Gasteiger partial charge in [-0.15, -0.1) is 0 Å². The van der Waals surface area contributed by atoms with Crippen molar-refractivity contribution in [1.82, 2.24) is 5.32 Å². The molecule has 6 unspecified atom stereocenters. The number of hydrogen-bond acceptors (Lipinski definition) is 4. The zero-order valence-corrected chi connectivity index (χ0v) is 30.9. The van der Waals surface area contributed by atoms with E-state index in [0.29, 0.717) is 11.8 Å². The Morgan fingerprint density at radius 1 is 0.691 bits per heavy atom. The van der Waals surface area contributed by atoms with Crippen LogP contribution in [0.1, 0.15) is 54.5 Å². The molecule has 0 aromatic heterocycles. The number of aliphatic imine (C=N–C) groups is 1. The van der Waals surface area contributed by atoms with Crippen molar-refractivity contribution in [2.45, 2.75) is 49.9 Å². The minimum Gasteiger partial charge on any atom is -0.366 e. The maximum absolute atomic E-state index is 5.44. The zero-order valence-electron chi connectivity index (χ0n) is 30.9. The predicted octanol–water partition coefficient (Wildman–Crippen LogP) is 11.6. The summed E-state index contributed by atoms with van der Waals surface area (Å²) in [6.07, 6.45) is 33.9. The second kappa shape index (κ2) is 13.3. The van der Waals surface area contributed by atoms with Crippen LogP contribution in [0.15, 0.2) is 186 Å². The van der Waals surface area contributed by atoms with Crippen molar-refractivity contribution >= 4 is 22.8 Å². The molecule has 4 aliphatic carbocycles. The Balaban J connectivity index is 0.896. The third-order valence-corrected chi connectivity index (χ3v) is 12.6. The van der Waals surface area contributed by atoms with Crippen LogP contribution in [0.5, 0.6) is 0 Å². The second-order valence-electron chi connectivity index (χ2n) is 15.8. The molecule has 11 rings (SSSR count). The van der Waals surface area contributed by atoms with Crippen molar-refractivity contribution in [2.75, 3.05) is 10.2 Å². The molecule has 0 amide bonds. The SMILES string of the molecule is C1=CCC2C(=C1)N1c3c(cccc3-c3ccccc32)NC1c1cccc(-c2cccc(C3=CC=CC(C4=NC(C5=CCCC=C5)C5C=CC=CC5N4)C3)c2)c1. The smallest absolute Gasteiger partial charge is 0.130 e. The zero-order chi connectivity index (χ0) is 36.3. The van der Waals surface area contributed by atoms with E-state index in [1.54, 1.807) is 0 Å². The monoisotopic (exact) mass is 712 g/mol. The maximum Gasteiger partial charge on any atom is 0.130 e. The van der Waals surface area contributed by atoms with E-state index in [2.05, 4.69) is 186 Å². The first-order valence-electron chi connectivity index (χ1n) is 20.1. The normalized spacial score (nSPS) is 26.6. The van der Waals surface area contributed by atoms with Gasteiger partial charge in [0.2, 0.25) is 0 Å². The van der Waals surface area contributed by atoms with Crippen LogP contribution < -0.4 is 15.5 Å². The fourth-order valence-corrected chi connectivity index (χ4v) is 9.92. The van der Waals surface area contributed by atoms with Crippen LogP contribution in [-0.2, 0) is 0 Å². The lowest BCUT2D eigenvalue weighted by Gasteiger charge is -2.39. The van der Waals surface area contributed by atoms with Crippen LogP contribution in [0, 0.1) is 11.8 Å². The van der Waals surface area contributed by atoms with Gasteiger partial charge >= 0.3 is 0 Å². The summed E-state index contributed by atoms with van der Waals surface area (Å²) in [4.78, 5) is 8.03. The molecule has 4 heteroatoms. The second-order valence-corrected chi connectivity index (χ2v) is 15.8. The molecule has 7 aliphatic rings. The van der Waals surface area contributed by atoms with Gasteiger partial charge in [-0.05, 0) is 94.5 Å². The standard InChI is InChI=1S/C51H44N4/c1-2-14-33(15-3-1)48-44-25-6-8-27-45(44)52-50(54-48)38-20-11-18-36(31-38)34-16-10-17-35(30-34)37-19-12-21-39(32-37)51-53-46-28-13-26-43-41-23-5-4-22-40(41)42-24-7-9-29-47(42)55(51)49(43)46/h2,4-23,25-30,32,38,42,44-45,48,51,53H,1,3,24,31H2,(H,52,54). The average Bonchev–Trinajstić information content (AvgIpc) is 3.61. The van der Waals surface area contributed by atoms with Gasteiger partial charge in [-0.2, -0.15) is 0 Å². The van der Waals surface area contributed by atoms with Gasteiger partial charge in [-0.3, -0.25) is 4.99 Å². The van der Waals surface area contributed by atoms with Gasteiger partial charge in [0.15, 0.2) is 0 Å². The van der Waals surface area contributed by atoms with Crippen molar-refractivity contribution in [2.24, 2.45) is 16.8 Å². The summed E-state index contributed by atoms with van der Waals surface area (Å²) in [5.74, 6) is 1.95. The van der Waals surface area contributed by atoms with E-state index >= 15 is 0 Å². The van der Waals surface area contributed by atoms with Gasteiger partial charge in [0.25, 0.3) is 0 Å².